The molecular formula is C20H19Cl2N5O3. The zero-order chi connectivity index (χ0) is 21.0. The maximum atomic E-state index is 13.3. The Morgan fingerprint density at radius 3 is 2.50 bits per heavy atom. The monoisotopic (exact) mass is 447 g/mol. The number of carbonyl (C=O) groups is 3. The Morgan fingerprint density at radius 2 is 1.90 bits per heavy atom. The van der Waals surface area contributed by atoms with Crippen molar-refractivity contribution >= 4 is 41.0 Å². The molecule has 3 heterocycles. The van der Waals surface area contributed by atoms with Gasteiger partial charge in [0.25, 0.3) is 11.8 Å². The van der Waals surface area contributed by atoms with E-state index in [2.05, 4.69) is 15.7 Å². The van der Waals surface area contributed by atoms with E-state index in [1.54, 1.807) is 34.0 Å². The largest absolute Gasteiger partial charge is 0.338 e. The molecule has 0 radical (unpaired) electrons. The summed E-state index contributed by atoms with van der Waals surface area (Å²) in [6.07, 6.45) is 4.34. The van der Waals surface area contributed by atoms with Crippen molar-refractivity contribution in [2.75, 3.05) is 13.1 Å². The van der Waals surface area contributed by atoms with Gasteiger partial charge < -0.3 is 10.2 Å². The number of aromatic nitrogens is 2. The van der Waals surface area contributed by atoms with E-state index < -0.39 is 11.6 Å². The third-order valence-corrected chi connectivity index (χ3v) is 6.60. The lowest BCUT2D eigenvalue weighted by molar-refractivity contribution is -0.125. The van der Waals surface area contributed by atoms with Gasteiger partial charge in [0.2, 0.25) is 0 Å². The molecule has 2 saturated heterocycles. The highest BCUT2D eigenvalue weighted by Crippen LogP contribution is 2.43. The maximum Gasteiger partial charge on any atom is 0.322 e. The molecule has 1 aromatic heterocycles. The van der Waals surface area contributed by atoms with Crippen LogP contribution >= 0.6 is 23.2 Å². The fourth-order valence-corrected chi connectivity index (χ4v) is 4.75. The number of nitrogens with zero attached hydrogens (tertiary/aromatic N) is 3. The Kier molecular flexibility index (Phi) is 4.52. The number of likely N-dealkylation sites (tertiary alicyclic amines) is 1. The van der Waals surface area contributed by atoms with Crippen molar-refractivity contribution in [1.82, 2.24) is 25.3 Å². The number of nitrogens with one attached hydrogen (secondary N) is 2. The first kappa shape index (κ1) is 19.4. The van der Waals surface area contributed by atoms with Gasteiger partial charge in [-0.15, -0.1) is 0 Å². The molecule has 1 spiro atoms. The van der Waals surface area contributed by atoms with Crippen molar-refractivity contribution in [3.8, 4) is 5.69 Å². The predicted molar refractivity (Wildman–Crippen MR) is 110 cm³/mol. The van der Waals surface area contributed by atoms with Gasteiger partial charge in [0.1, 0.15) is 5.54 Å². The van der Waals surface area contributed by atoms with Crippen LogP contribution in [0.25, 0.3) is 5.69 Å². The van der Waals surface area contributed by atoms with Gasteiger partial charge in [0.15, 0.2) is 0 Å². The average molecular weight is 448 g/mol. The number of rotatable bonds is 3. The Morgan fingerprint density at radius 1 is 1.17 bits per heavy atom. The van der Waals surface area contributed by atoms with Crippen molar-refractivity contribution in [3.63, 3.8) is 0 Å². The molecule has 5 rings (SSSR count). The standard InChI is InChI=1S/C20H19Cl2N5O3/c21-12-3-4-15(14(22)9-12)27-16(11-1-2-11)13(10-23-27)17(28)26-7-5-20(6-8-26)18(29)24-19(30)25-20/h3-4,9-11H,1-2,5-8H2,(H2,24,25,29,30). The fraction of sp³-hybridized carbons (Fsp3) is 0.400. The second-order valence-electron chi connectivity index (χ2n) is 8.01. The molecule has 8 nitrogen and oxygen atoms in total. The highest BCUT2D eigenvalue weighted by molar-refractivity contribution is 6.35. The second kappa shape index (κ2) is 6.99. The molecule has 2 N–H and O–H groups in total. The summed E-state index contributed by atoms with van der Waals surface area (Å²) in [5.74, 6) is -0.175. The van der Waals surface area contributed by atoms with Crippen LogP contribution < -0.4 is 10.6 Å². The van der Waals surface area contributed by atoms with Gasteiger partial charge in [-0.2, -0.15) is 5.10 Å². The highest BCUT2D eigenvalue weighted by atomic mass is 35.5. The first-order valence-corrected chi connectivity index (χ1v) is 10.6. The zero-order valence-corrected chi connectivity index (χ0v) is 17.5. The molecule has 156 valence electrons. The highest BCUT2D eigenvalue weighted by Gasteiger charge is 2.48. The molecule has 3 aliphatic rings. The molecule has 4 amide bonds. The Labute approximate surface area is 182 Å². The van der Waals surface area contributed by atoms with Crippen LogP contribution in [0.2, 0.25) is 10.0 Å². The number of hydrogen-bond acceptors (Lipinski definition) is 4. The number of hydrogen-bond donors (Lipinski definition) is 2. The lowest BCUT2D eigenvalue weighted by Crippen LogP contribution is -2.55. The number of amides is 4. The number of urea groups is 1. The minimum Gasteiger partial charge on any atom is -0.338 e. The van der Waals surface area contributed by atoms with Gasteiger partial charge >= 0.3 is 6.03 Å². The molecule has 10 heteroatoms. The Balaban J connectivity index is 1.41. The van der Waals surface area contributed by atoms with Crippen LogP contribution in [0, 0.1) is 0 Å². The number of imide groups is 1. The topological polar surface area (TPSA) is 96.3 Å². The van der Waals surface area contributed by atoms with E-state index in [0.717, 1.165) is 18.5 Å². The van der Waals surface area contributed by atoms with E-state index in [4.69, 9.17) is 23.2 Å². The quantitative estimate of drug-likeness (QED) is 0.706. The summed E-state index contributed by atoms with van der Waals surface area (Å²) in [6.45, 7) is 0.757. The summed E-state index contributed by atoms with van der Waals surface area (Å²) in [4.78, 5) is 38.7. The van der Waals surface area contributed by atoms with Gasteiger partial charge in [0, 0.05) is 24.0 Å². The molecule has 0 unspecified atom stereocenters. The molecule has 1 aromatic carbocycles. The number of benzene rings is 1. The first-order valence-electron chi connectivity index (χ1n) is 9.84. The number of carbonyl (C=O) groups excluding carboxylic acids is 3. The minimum absolute atomic E-state index is 0.118. The summed E-state index contributed by atoms with van der Waals surface area (Å²) < 4.78 is 1.74. The van der Waals surface area contributed by atoms with Crippen molar-refractivity contribution in [2.45, 2.75) is 37.1 Å². The van der Waals surface area contributed by atoms with Crippen LogP contribution in [0.15, 0.2) is 24.4 Å². The van der Waals surface area contributed by atoms with E-state index in [1.165, 1.54) is 0 Å². The maximum absolute atomic E-state index is 13.3. The molecule has 1 saturated carbocycles. The lowest BCUT2D eigenvalue weighted by atomic mass is 9.87. The summed E-state index contributed by atoms with van der Waals surface area (Å²) >= 11 is 12.4. The fourth-order valence-electron chi connectivity index (χ4n) is 4.26. The van der Waals surface area contributed by atoms with Gasteiger partial charge in [-0.25, -0.2) is 9.48 Å². The molecule has 0 atom stereocenters. The van der Waals surface area contributed by atoms with Gasteiger partial charge in [-0.1, -0.05) is 23.2 Å². The third kappa shape index (κ3) is 3.15. The molecule has 3 fully saturated rings. The van der Waals surface area contributed by atoms with Crippen LogP contribution in [0.5, 0.6) is 0 Å². The summed E-state index contributed by atoms with van der Waals surface area (Å²) in [5, 5.41) is 10.5. The van der Waals surface area contributed by atoms with E-state index in [1.807, 2.05) is 0 Å². The minimum atomic E-state index is -0.909. The van der Waals surface area contributed by atoms with Gasteiger partial charge in [0.05, 0.1) is 28.2 Å². The third-order valence-electron chi connectivity index (χ3n) is 6.06. The second-order valence-corrected chi connectivity index (χ2v) is 8.85. The van der Waals surface area contributed by atoms with Crippen LogP contribution in [0.4, 0.5) is 4.79 Å². The predicted octanol–water partition coefficient (Wildman–Crippen LogP) is 2.87. The Hall–Kier alpha value is -2.58. The molecule has 30 heavy (non-hydrogen) atoms. The van der Waals surface area contributed by atoms with Crippen LogP contribution in [0.1, 0.15) is 47.7 Å². The van der Waals surface area contributed by atoms with E-state index in [-0.39, 0.29) is 17.7 Å². The van der Waals surface area contributed by atoms with E-state index in [0.29, 0.717) is 47.2 Å². The number of halogens is 2. The molecular weight excluding hydrogens is 429 g/mol. The lowest BCUT2D eigenvalue weighted by Gasteiger charge is -2.37. The number of piperidine rings is 1. The summed E-state index contributed by atoms with van der Waals surface area (Å²) in [5.41, 5.74) is 1.19. The van der Waals surface area contributed by atoms with Crippen molar-refractivity contribution in [2.24, 2.45) is 0 Å². The van der Waals surface area contributed by atoms with Crippen LogP contribution in [0.3, 0.4) is 0 Å². The van der Waals surface area contributed by atoms with Gasteiger partial charge in [-0.3, -0.25) is 14.9 Å². The summed E-state index contributed by atoms with van der Waals surface area (Å²) in [7, 11) is 0. The molecule has 2 aromatic rings. The van der Waals surface area contributed by atoms with E-state index in [9.17, 15) is 14.4 Å². The van der Waals surface area contributed by atoms with E-state index >= 15 is 0 Å². The van der Waals surface area contributed by atoms with Crippen molar-refractivity contribution in [1.29, 1.82) is 0 Å². The van der Waals surface area contributed by atoms with Crippen molar-refractivity contribution < 1.29 is 14.4 Å². The molecule has 0 bridgehead atoms. The SMILES string of the molecule is O=C1NC(=O)C2(CCN(C(=O)c3cnn(-c4ccc(Cl)cc4Cl)c3C3CC3)CC2)N1. The van der Waals surface area contributed by atoms with Crippen molar-refractivity contribution in [3.05, 3.63) is 45.7 Å². The van der Waals surface area contributed by atoms with Crippen LogP contribution in [-0.2, 0) is 4.79 Å². The molecule has 1 aliphatic carbocycles. The first-order chi connectivity index (χ1) is 14.4. The normalized spacial score (nSPS) is 20.4. The smallest absolute Gasteiger partial charge is 0.322 e. The van der Waals surface area contributed by atoms with Crippen LogP contribution in [-0.4, -0.2) is 51.2 Å². The Bertz CT molecular complexity index is 1070. The molecule has 2 aliphatic heterocycles. The zero-order valence-electron chi connectivity index (χ0n) is 16.0. The summed E-state index contributed by atoms with van der Waals surface area (Å²) in [6, 6.07) is 4.72. The average Bonchev–Trinajstić information content (AvgIpc) is 3.39. The van der Waals surface area contributed by atoms with Gasteiger partial charge in [-0.05, 0) is 43.9 Å².